The molecule has 0 aliphatic heterocycles. The molecule has 100 valence electrons. The molecule has 1 saturated carbocycles. The van der Waals surface area contributed by atoms with Crippen LogP contribution in [-0.2, 0) is 4.79 Å². The van der Waals surface area contributed by atoms with E-state index in [9.17, 15) is 44.3 Å². The number of Topliss-reactive ketones (excluding diaryl/α,β-unsaturated/α-hetero) is 1. The summed E-state index contributed by atoms with van der Waals surface area (Å²) in [6.07, 6.45) is -5.14. The Kier molecular flexibility index (Phi) is 4.24. The maximum absolute atomic E-state index is 12.0. The summed E-state index contributed by atoms with van der Waals surface area (Å²) in [6.45, 7) is 0. The minimum atomic E-state index is -5.56. The Balaban J connectivity index is 0.000000437. The monoisotopic (exact) mass is 274 g/mol. The van der Waals surface area contributed by atoms with E-state index in [0.29, 0.717) is 0 Å². The van der Waals surface area contributed by atoms with Crippen LogP contribution in [0.3, 0.4) is 0 Å². The van der Waals surface area contributed by atoms with Gasteiger partial charge in [0, 0.05) is 0 Å². The maximum Gasteiger partial charge on any atom is 0.379 e. The lowest BCUT2D eigenvalue weighted by molar-refractivity contribution is -0.266. The van der Waals surface area contributed by atoms with Crippen LogP contribution in [0.1, 0.15) is 6.42 Å². The Bertz CT molecular complexity index is 328. The van der Waals surface area contributed by atoms with Crippen molar-refractivity contribution in [2.24, 2.45) is 0 Å². The van der Waals surface area contributed by atoms with Gasteiger partial charge in [0.05, 0.1) is 6.42 Å². The number of hydrogen-bond donors (Lipinski definition) is 0. The van der Waals surface area contributed by atoms with Crippen molar-refractivity contribution in [1.82, 2.24) is 0 Å². The summed E-state index contributed by atoms with van der Waals surface area (Å²) in [6, 6.07) is 0. The largest absolute Gasteiger partial charge is 0.379 e. The molecular formula is C7H3F9O. The van der Waals surface area contributed by atoms with Crippen LogP contribution >= 0.6 is 0 Å². The average molecular weight is 274 g/mol. The van der Waals surface area contributed by atoms with E-state index in [4.69, 9.17) is 0 Å². The van der Waals surface area contributed by atoms with E-state index in [1.165, 1.54) is 0 Å². The Hall–Kier alpha value is -1.22. The van der Waals surface area contributed by atoms with E-state index < -0.39 is 42.4 Å². The number of halogens is 9. The molecule has 0 aromatic carbocycles. The van der Waals surface area contributed by atoms with Gasteiger partial charge in [-0.05, 0) is 0 Å². The van der Waals surface area contributed by atoms with Gasteiger partial charge in [0.15, 0.2) is 6.33 Å². The minimum absolute atomic E-state index is 0.750. The topological polar surface area (TPSA) is 17.1 Å². The van der Waals surface area contributed by atoms with Gasteiger partial charge in [-0.15, -0.1) is 0 Å². The zero-order valence-electron chi connectivity index (χ0n) is 7.59. The van der Waals surface area contributed by atoms with E-state index in [-0.39, 0.29) is 0 Å². The first-order valence-corrected chi connectivity index (χ1v) is 3.68. The Labute approximate surface area is 87.9 Å². The minimum Gasteiger partial charge on any atom is -0.292 e. The number of carbonyl (C=O) groups excluding carboxylic acids is 1. The van der Waals surface area contributed by atoms with Crippen LogP contribution < -0.4 is 0 Å². The van der Waals surface area contributed by atoms with Crippen molar-refractivity contribution in [1.29, 1.82) is 0 Å². The summed E-state index contributed by atoms with van der Waals surface area (Å²) in [5.41, 5.74) is 0. The van der Waals surface area contributed by atoms with Crippen molar-refractivity contribution in [3.8, 4) is 0 Å². The smallest absolute Gasteiger partial charge is 0.292 e. The van der Waals surface area contributed by atoms with Crippen molar-refractivity contribution in [2.45, 2.75) is 24.2 Å². The van der Waals surface area contributed by atoms with E-state index >= 15 is 0 Å². The van der Waals surface area contributed by atoms with Crippen LogP contribution in [0.4, 0.5) is 39.5 Å². The van der Waals surface area contributed by atoms with Crippen molar-refractivity contribution in [3.05, 3.63) is 12.4 Å². The Morgan fingerprint density at radius 3 is 1.47 bits per heavy atom. The fourth-order valence-corrected chi connectivity index (χ4v) is 0.828. The van der Waals surface area contributed by atoms with Crippen LogP contribution in [0.25, 0.3) is 0 Å². The molecule has 0 bridgehead atoms. The molecule has 0 saturated heterocycles. The van der Waals surface area contributed by atoms with Gasteiger partial charge in [0.1, 0.15) is 0 Å². The number of hydrogen-bond acceptors (Lipinski definition) is 1. The normalized spacial score (nSPS) is 23.7. The van der Waals surface area contributed by atoms with Gasteiger partial charge in [-0.1, -0.05) is 0 Å². The van der Waals surface area contributed by atoms with Gasteiger partial charge in [0.25, 0.3) is 6.08 Å². The predicted octanol–water partition coefficient (Wildman–Crippen LogP) is 3.56. The lowest BCUT2D eigenvalue weighted by Crippen LogP contribution is -2.48. The summed E-state index contributed by atoms with van der Waals surface area (Å²) < 4.78 is 103. The lowest BCUT2D eigenvalue weighted by atomic mass is 10.2. The zero-order chi connectivity index (χ0) is 14.1. The first kappa shape index (κ1) is 15.8. The van der Waals surface area contributed by atoms with Gasteiger partial charge in [-0.2, -0.15) is 35.1 Å². The molecule has 1 aliphatic rings. The first-order chi connectivity index (χ1) is 7.40. The summed E-state index contributed by atoms with van der Waals surface area (Å²) >= 11 is 0. The molecule has 0 heterocycles. The lowest BCUT2D eigenvalue weighted by Gasteiger charge is -2.21. The molecule has 0 spiro atoms. The fourth-order valence-electron chi connectivity index (χ4n) is 0.828. The van der Waals surface area contributed by atoms with Crippen LogP contribution in [0.2, 0.25) is 0 Å². The second-order valence-electron chi connectivity index (χ2n) is 2.85. The van der Waals surface area contributed by atoms with Gasteiger partial charge >= 0.3 is 17.8 Å². The molecule has 1 rings (SSSR count). The second-order valence-corrected chi connectivity index (χ2v) is 2.85. The zero-order valence-corrected chi connectivity index (χ0v) is 7.59. The average Bonchev–Trinajstić information content (AvgIpc) is 2.26. The molecule has 0 amide bonds. The highest BCUT2D eigenvalue weighted by Crippen LogP contribution is 2.54. The van der Waals surface area contributed by atoms with E-state index in [1.807, 2.05) is 0 Å². The number of alkyl halides is 6. The second kappa shape index (κ2) is 4.57. The highest BCUT2D eigenvalue weighted by molar-refractivity contribution is 5.90. The molecule has 17 heavy (non-hydrogen) atoms. The highest BCUT2D eigenvalue weighted by Gasteiger charge is 2.80. The van der Waals surface area contributed by atoms with Crippen molar-refractivity contribution in [3.63, 3.8) is 0 Å². The van der Waals surface area contributed by atoms with E-state index in [2.05, 4.69) is 0 Å². The third-order valence-corrected chi connectivity index (χ3v) is 1.67. The van der Waals surface area contributed by atoms with Gasteiger partial charge in [0.2, 0.25) is 5.78 Å². The SMILES string of the molecule is FC=C(F)F.O=C1CC(F)(F)C(F)(F)C1(F)F. The molecule has 0 radical (unpaired) electrons. The van der Waals surface area contributed by atoms with Crippen molar-refractivity contribution >= 4 is 5.78 Å². The Morgan fingerprint density at radius 2 is 1.41 bits per heavy atom. The van der Waals surface area contributed by atoms with Crippen LogP contribution in [0.5, 0.6) is 0 Å². The third kappa shape index (κ3) is 2.72. The molecule has 1 fully saturated rings. The first-order valence-electron chi connectivity index (χ1n) is 3.68. The quantitative estimate of drug-likeness (QED) is 0.617. The van der Waals surface area contributed by atoms with Crippen LogP contribution in [0, 0.1) is 0 Å². The summed E-state index contributed by atoms with van der Waals surface area (Å²) in [4.78, 5) is 10.0. The Morgan fingerprint density at radius 1 is 1.06 bits per heavy atom. The molecule has 0 N–H and O–H groups in total. The highest BCUT2D eigenvalue weighted by atomic mass is 19.3. The molecule has 1 nitrogen and oxygen atoms in total. The van der Waals surface area contributed by atoms with Gasteiger partial charge < -0.3 is 0 Å². The molecular weight excluding hydrogens is 271 g/mol. The molecule has 0 aromatic heterocycles. The number of ketones is 1. The fraction of sp³-hybridized carbons (Fsp3) is 0.571. The summed E-state index contributed by atoms with van der Waals surface area (Å²) in [5.74, 6) is -18.2. The van der Waals surface area contributed by atoms with Gasteiger partial charge in [-0.25, -0.2) is 4.39 Å². The summed E-state index contributed by atoms with van der Waals surface area (Å²) in [5, 5.41) is 0. The summed E-state index contributed by atoms with van der Waals surface area (Å²) in [7, 11) is 0. The molecule has 0 atom stereocenters. The number of rotatable bonds is 0. The standard InChI is InChI=1S/C5H2F6O.C2HF3/c6-3(7)1-2(12)4(8,9)5(3,10)11;3-1-2(4)5/h1H2;1H. The maximum atomic E-state index is 12.0. The third-order valence-electron chi connectivity index (χ3n) is 1.67. The van der Waals surface area contributed by atoms with Crippen molar-refractivity contribution < 1.29 is 44.3 Å². The van der Waals surface area contributed by atoms with E-state index in [0.717, 1.165) is 0 Å². The molecule has 10 heteroatoms. The predicted molar refractivity (Wildman–Crippen MR) is 35.9 cm³/mol. The number of carbonyl (C=O) groups is 1. The van der Waals surface area contributed by atoms with Crippen LogP contribution in [0.15, 0.2) is 12.4 Å². The molecule has 0 unspecified atom stereocenters. The molecule has 1 aliphatic carbocycles. The van der Waals surface area contributed by atoms with Gasteiger partial charge in [-0.3, -0.25) is 4.79 Å². The van der Waals surface area contributed by atoms with Crippen LogP contribution in [-0.4, -0.2) is 23.6 Å². The van der Waals surface area contributed by atoms with E-state index in [1.54, 1.807) is 0 Å². The molecule has 0 aromatic rings. The van der Waals surface area contributed by atoms with Crippen molar-refractivity contribution in [2.75, 3.05) is 0 Å².